The van der Waals surface area contributed by atoms with E-state index in [2.05, 4.69) is 0 Å². The first-order valence-electron chi connectivity index (χ1n) is 7.46. The van der Waals surface area contributed by atoms with E-state index in [0.29, 0.717) is 13.1 Å². The third-order valence-corrected chi connectivity index (χ3v) is 8.15. The van der Waals surface area contributed by atoms with E-state index in [1.54, 1.807) is 27.7 Å². The van der Waals surface area contributed by atoms with Crippen molar-refractivity contribution in [3.05, 3.63) is 23.2 Å². The van der Waals surface area contributed by atoms with Gasteiger partial charge in [0.15, 0.2) is 0 Å². The first-order valence-corrected chi connectivity index (χ1v) is 10.7. The molecule has 23 heavy (non-hydrogen) atoms. The average Bonchev–Trinajstić information content (AvgIpc) is 2.49. The summed E-state index contributed by atoms with van der Waals surface area (Å²) in [4.78, 5) is -0.257. The third kappa shape index (κ3) is 4.06. The molecule has 1 aromatic rings. The molecule has 0 aliphatic rings. The molecular formula is C14H23ClN2O4S2. The second-order valence-corrected chi connectivity index (χ2v) is 9.02. The normalized spacial score (nSPS) is 13.0. The Kier molecular flexibility index (Phi) is 7.03. The van der Waals surface area contributed by atoms with Crippen LogP contribution in [0.15, 0.2) is 28.0 Å². The highest BCUT2D eigenvalue weighted by Gasteiger charge is 2.28. The fraction of sp³-hybridized carbons (Fsp3) is 0.571. The molecule has 9 heteroatoms. The number of sulfonamides is 2. The smallest absolute Gasteiger partial charge is 0.207 e. The van der Waals surface area contributed by atoms with Crippen LogP contribution in [-0.2, 0) is 20.0 Å². The fourth-order valence-corrected chi connectivity index (χ4v) is 5.77. The molecule has 0 aliphatic carbocycles. The Labute approximate surface area is 144 Å². The number of hydrogen-bond donors (Lipinski definition) is 0. The van der Waals surface area contributed by atoms with Crippen LogP contribution in [0.25, 0.3) is 0 Å². The quantitative estimate of drug-likeness (QED) is 0.691. The van der Waals surface area contributed by atoms with E-state index in [-0.39, 0.29) is 27.9 Å². The number of halogens is 1. The molecule has 0 bridgehead atoms. The van der Waals surface area contributed by atoms with Crippen LogP contribution >= 0.6 is 11.6 Å². The zero-order chi connectivity index (χ0) is 17.8. The third-order valence-electron chi connectivity index (χ3n) is 3.57. The van der Waals surface area contributed by atoms with Crippen molar-refractivity contribution < 1.29 is 16.8 Å². The molecule has 132 valence electrons. The zero-order valence-corrected chi connectivity index (χ0v) is 16.2. The van der Waals surface area contributed by atoms with Crippen LogP contribution in [0.2, 0.25) is 5.02 Å². The first-order chi connectivity index (χ1) is 10.7. The molecule has 0 atom stereocenters. The Morgan fingerprint density at radius 2 is 1.26 bits per heavy atom. The van der Waals surface area contributed by atoms with Gasteiger partial charge in [-0.25, -0.2) is 16.8 Å². The summed E-state index contributed by atoms with van der Waals surface area (Å²) in [7, 11) is -7.58. The van der Waals surface area contributed by atoms with Crippen LogP contribution in [0.5, 0.6) is 0 Å². The van der Waals surface area contributed by atoms with Crippen LogP contribution in [0.3, 0.4) is 0 Å². The lowest BCUT2D eigenvalue weighted by Crippen LogP contribution is -2.32. The van der Waals surface area contributed by atoms with Gasteiger partial charge < -0.3 is 0 Å². The minimum absolute atomic E-state index is 0.00963. The van der Waals surface area contributed by atoms with E-state index in [0.717, 1.165) is 6.07 Å². The zero-order valence-electron chi connectivity index (χ0n) is 13.8. The second-order valence-electron chi connectivity index (χ2n) is 4.77. The Bertz CT molecular complexity index is 740. The first kappa shape index (κ1) is 20.4. The van der Waals surface area contributed by atoms with Crippen LogP contribution in [0.1, 0.15) is 27.7 Å². The molecule has 0 heterocycles. The largest absolute Gasteiger partial charge is 0.244 e. The number of hydrogen-bond acceptors (Lipinski definition) is 4. The predicted octanol–water partition coefficient (Wildman–Crippen LogP) is 2.40. The molecule has 0 aromatic heterocycles. The van der Waals surface area contributed by atoms with Crippen molar-refractivity contribution in [2.75, 3.05) is 26.2 Å². The molecule has 0 N–H and O–H groups in total. The van der Waals surface area contributed by atoms with Gasteiger partial charge in [-0.2, -0.15) is 8.61 Å². The summed E-state index contributed by atoms with van der Waals surface area (Å²) in [6.45, 7) is 8.05. The molecule has 1 rings (SSSR count). The van der Waals surface area contributed by atoms with Gasteiger partial charge in [-0.05, 0) is 18.2 Å². The van der Waals surface area contributed by atoms with E-state index >= 15 is 0 Å². The highest BCUT2D eigenvalue weighted by Crippen LogP contribution is 2.28. The van der Waals surface area contributed by atoms with Crippen molar-refractivity contribution in [3.8, 4) is 0 Å². The van der Waals surface area contributed by atoms with Crippen molar-refractivity contribution in [1.82, 2.24) is 8.61 Å². The lowest BCUT2D eigenvalue weighted by atomic mass is 10.4. The number of benzene rings is 1. The molecular weight excluding hydrogens is 360 g/mol. The molecule has 0 radical (unpaired) electrons. The van der Waals surface area contributed by atoms with Crippen LogP contribution in [-0.4, -0.2) is 51.6 Å². The van der Waals surface area contributed by atoms with Crippen LogP contribution in [0, 0.1) is 0 Å². The van der Waals surface area contributed by atoms with Gasteiger partial charge in [0.25, 0.3) is 0 Å². The van der Waals surface area contributed by atoms with E-state index < -0.39 is 20.0 Å². The van der Waals surface area contributed by atoms with Gasteiger partial charge in [-0.15, -0.1) is 0 Å². The molecule has 6 nitrogen and oxygen atoms in total. The van der Waals surface area contributed by atoms with Gasteiger partial charge in [0, 0.05) is 26.2 Å². The minimum Gasteiger partial charge on any atom is -0.207 e. The van der Waals surface area contributed by atoms with Gasteiger partial charge in [-0.3, -0.25) is 0 Å². The molecule has 0 saturated carbocycles. The van der Waals surface area contributed by atoms with E-state index in [9.17, 15) is 16.8 Å². The summed E-state index contributed by atoms with van der Waals surface area (Å²) in [6.07, 6.45) is 0. The van der Waals surface area contributed by atoms with Crippen LogP contribution < -0.4 is 0 Å². The van der Waals surface area contributed by atoms with E-state index in [4.69, 9.17) is 11.6 Å². The summed E-state index contributed by atoms with van der Waals surface area (Å²) < 4.78 is 52.9. The topological polar surface area (TPSA) is 74.8 Å². The summed E-state index contributed by atoms with van der Waals surface area (Å²) in [6, 6.07) is 3.79. The predicted molar refractivity (Wildman–Crippen MR) is 91.7 cm³/mol. The Morgan fingerprint density at radius 1 is 0.826 bits per heavy atom. The highest BCUT2D eigenvalue weighted by molar-refractivity contribution is 7.90. The molecule has 0 saturated heterocycles. The standard InChI is InChI=1S/C14H23ClN2O4S2/c1-5-16(6-2)22(18,19)12-9-10-13(15)14(11-12)23(20,21)17(7-3)8-4/h9-11H,5-8H2,1-4H3. The van der Waals surface area contributed by atoms with Crippen molar-refractivity contribution in [1.29, 1.82) is 0 Å². The molecule has 0 unspecified atom stereocenters. The maximum Gasteiger partial charge on any atom is 0.244 e. The number of rotatable bonds is 8. The minimum atomic E-state index is -3.84. The van der Waals surface area contributed by atoms with Gasteiger partial charge >= 0.3 is 0 Å². The van der Waals surface area contributed by atoms with Crippen molar-refractivity contribution in [3.63, 3.8) is 0 Å². The summed E-state index contributed by atoms with van der Waals surface area (Å²) in [5, 5.41) is 0.00963. The SMILES string of the molecule is CCN(CC)S(=O)(=O)c1ccc(Cl)c(S(=O)(=O)N(CC)CC)c1. The number of nitrogens with zero attached hydrogens (tertiary/aromatic N) is 2. The van der Waals surface area contributed by atoms with Gasteiger partial charge in [0.1, 0.15) is 4.90 Å². The summed E-state index contributed by atoms with van der Waals surface area (Å²) in [5.41, 5.74) is 0. The fourth-order valence-electron chi connectivity index (χ4n) is 2.26. The summed E-state index contributed by atoms with van der Waals surface area (Å²) in [5.74, 6) is 0. The molecule has 0 aliphatic heterocycles. The lowest BCUT2D eigenvalue weighted by Gasteiger charge is -2.21. The molecule has 0 spiro atoms. The van der Waals surface area contributed by atoms with Crippen LogP contribution in [0.4, 0.5) is 0 Å². The van der Waals surface area contributed by atoms with Gasteiger partial charge in [0.2, 0.25) is 20.0 Å². The van der Waals surface area contributed by atoms with Gasteiger partial charge in [-0.1, -0.05) is 39.3 Å². The summed E-state index contributed by atoms with van der Waals surface area (Å²) >= 11 is 6.02. The van der Waals surface area contributed by atoms with Crippen molar-refractivity contribution in [2.45, 2.75) is 37.5 Å². The molecule has 1 aromatic carbocycles. The van der Waals surface area contributed by atoms with Crippen molar-refractivity contribution in [2.24, 2.45) is 0 Å². The Morgan fingerprint density at radius 3 is 1.70 bits per heavy atom. The maximum absolute atomic E-state index is 12.6. The monoisotopic (exact) mass is 382 g/mol. The second kappa shape index (κ2) is 7.94. The molecule has 0 fully saturated rings. The van der Waals surface area contributed by atoms with E-state index in [1.165, 1.54) is 20.7 Å². The average molecular weight is 383 g/mol. The van der Waals surface area contributed by atoms with Gasteiger partial charge in [0.05, 0.1) is 9.92 Å². The molecule has 0 amide bonds. The highest BCUT2D eigenvalue weighted by atomic mass is 35.5. The maximum atomic E-state index is 12.6. The lowest BCUT2D eigenvalue weighted by molar-refractivity contribution is 0.443. The van der Waals surface area contributed by atoms with E-state index in [1.807, 2.05) is 0 Å². The van der Waals surface area contributed by atoms with Crippen molar-refractivity contribution >= 4 is 31.6 Å². The Balaban J connectivity index is 3.51. The Hall–Kier alpha value is -0.670.